The highest BCUT2D eigenvalue weighted by atomic mass is 32.1. The molecule has 2 rings (SSSR count). The van der Waals surface area contributed by atoms with Gasteiger partial charge >= 0.3 is 0 Å². The average molecular weight is 377 g/mol. The summed E-state index contributed by atoms with van der Waals surface area (Å²) in [6, 6.07) is 5.66. The van der Waals surface area contributed by atoms with Crippen LogP contribution in [0, 0.1) is 0 Å². The smallest absolute Gasteiger partial charge is 0.195 e. The number of nitrogens with zero attached hydrogens (tertiary/aromatic N) is 2. The van der Waals surface area contributed by atoms with Gasteiger partial charge in [0, 0.05) is 42.6 Å². The molecule has 0 amide bonds. The maximum absolute atomic E-state index is 5.33. The van der Waals surface area contributed by atoms with E-state index in [2.05, 4.69) is 41.8 Å². The highest BCUT2D eigenvalue weighted by Crippen LogP contribution is 2.29. The second-order valence-corrected chi connectivity index (χ2v) is 7.76. The van der Waals surface area contributed by atoms with Crippen LogP contribution in [0.25, 0.3) is 0 Å². The summed E-state index contributed by atoms with van der Waals surface area (Å²) in [6.07, 6.45) is 0.855. The monoisotopic (exact) mass is 376 g/mol. The molecule has 142 valence electrons. The molecule has 0 radical (unpaired) electrons. The van der Waals surface area contributed by atoms with Crippen LogP contribution in [0.4, 0.5) is 5.69 Å². The number of aromatic nitrogens is 1. The summed E-state index contributed by atoms with van der Waals surface area (Å²) in [5.41, 5.74) is 2.11. The number of aliphatic imine (C=N–C) groups is 1. The van der Waals surface area contributed by atoms with Crippen molar-refractivity contribution in [1.82, 2.24) is 10.3 Å². The van der Waals surface area contributed by atoms with Crippen molar-refractivity contribution in [1.29, 1.82) is 0 Å². The normalized spacial score (nSPS) is 12.0. The lowest BCUT2D eigenvalue weighted by Crippen LogP contribution is -2.32. The molecule has 2 aromatic rings. The largest absolute Gasteiger partial charge is 0.493 e. The summed E-state index contributed by atoms with van der Waals surface area (Å²) < 4.78 is 10.6. The van der Waals surface area contributed by atoms with E-state index < -0.39 is 0 Å². The van der Waals surface area contributed by atoms with Crippen LogP contribution in [-0.2, 0) is 11.8 Å². The minimum absolute atomic E-state index is 0.0905. The molecule has 7 heteroatoms. The third kappa shape index (κ3) is 5.36. The molecule has 0 saturated carbocycles. The zero-order chi connectivity index (χ0) is 19.2. The lowest BCUT2D eigenvalue weighted by molar-refractivity contribution is 0.355. The first-order chi connectivity index (χ1) is 12.4. The molecule has 0 fully saturated rings. The number of hydrogen-bond acceptors (Lipinski definition) is 5. The van der Waals surface area contributed by atoms with E-state index in [0.29, 0.717) is 17.5 Å². The number of methoxy groups -OCH3 is 2. The summed E-state index contributed by atoms with van der Waals surface area (Å²) in [7, 11) is 4.99. The van der Waals surface area contributed by atoms with Gasteiger partial charge in [0.15, 0.2) is 17.5 Å². The number of ether oxygens (including phenoxy) is 2. The van der Waals surface area contributed by atoms with E-state index in [-0.39, 0.29) is 5.41 Å². The second kappa shape index (κ2) is 8.89. The van der Waals surface area contributed by atoms with Crippen molar-refractivity contribution in [2.45, 2.75) is 32.6 Å². The average Bonchev–Trinajstić information content (AvgIpc) is 3.10. The quantitative estimate of drug-likeness (QED) is 0.594. The predicted molar refractivity (Wildman–Crippen MR) is 109 cm³/mol. The fourth-order valence-electron chi connectivity index (χ4n) is 2.29. The Bertz CT molecular complexity index is 750. The number of hydrogen-bond donors (Lipinski definition) is 2. The molecule has 0 saturated heterocycles. The van der Waals surface area contributed by atoms with Crippen LogP contribution in [0.15, 0.2) is 28.6 Å². The van der Waals surface area contributed by atoms with Crippen molar-refractivity contribution >= 4 is 23.0 Å². The maximum atomic E-state index is 5.33. The maximum Gasteiger partial charge on any atom is 0.195 e. The van der Waals surface area contributed by atoms with Gasteiger partial charge in [-0.3, -0.25) is 4.99 Å². The number of thiazole rings is 1. The van der Waals surface area contributed by atoms with Gasteiger partial charge in [-0.15, -0.1) is 11.3 Å². The minimum atomic E-state index is 0.0905. The molecular weight excluding hydrogens is 348 g/mol. The fraction of sp³-hybridized carbons (Fsp3) is 0.474. The Morgan fingerprint density at radius 3 is 2.50 bits per heavy atom. The summed E-state index contributed by atoms with van der Waals surface area (Å²) in [5, 5.41) is 9.84. The molecule has 1 aromatic carbocycles. The third-order valence-electron chi connectivity index (χ3n) is 3.82. The van der Waals surface area contributed by atoms with E-state index in [1.165, 1.54) is 0 Å². The molecule has 0 unspecified atom stereocenters. The molecule has 1 heterocycles. The van der Waals surface area contributed by atoms with E-state index in [1.807, 2.05) is 18.2 Å². The number of guanidine groups is 1. The Morgan fingerprint density at radius 2 is 1.92 bits per heavy atom. The van der Waals surface area contributed by atoms with E-state index in [1.54, 1.807) is 32.6 Å². The highest BCUT2D eigenvalue weighted by Gasteiger charge is 2.17. The van der Waals surface area contributed by atoms with Gasteiger partial charge in [0.25, 0.3) is 0 Å². The van der Waals surface area contributed by atoms with Crippen LogP contribution >= 0.6 is 11.3 Å². The lowest BCUT2D eigenvalue weighted by Gasteiger charge is -2.14. The van der Waals surface area contributed by atoms with Gasteiger partial charge in [0.2, 0.25) is 0 Å². The van der Waals surface area contributed by atoms with Crippen molar-refractivity contribution in [3.63, 3.8) is 0 Å². The molecular formula is C19H28N4O2S. The Morgan fingerprint density at radius 1 is 1.19 bits per heavy atom. The second-order valence-electron chi connectivity index (χ2n) is 6.82. The van der Waals surface area contributed by atoms with Crippen LogP contribution in [0.1, 0.15) is 31.5 Å². The SMILES string of the molecule is CN=C(NCCc1nc(C(C)(C)C)cs1)Nc1ccc(OC)c(OC)c1. The van der Waals surface area contributed by atoms with Crippen LogP contribution in [0.5, 0.6) is 11.5 Å². The van der Waals surface area contributed by atoms with Crippen LogP contribution in [0.3, 0.4) is 0 Å². The zero-order valence-electron chi connectivity index (χ0n) is 16.3. The van der Waals surface area contributed by atoms with Crippen molar-refractivity contribution in [3.8, 4) is 11.5 Å². The Balaban J connectivity index is 1.91. The van der Waals surface area contributed by atoms with E-state index in [9.17, 15) is 0 Å². The summed E-state index contributed by atoms with van der Waals surface area (Å²) in [4.78, 5) is 8.98. The number of rotatable bonds is 6. The first-order valence-corrected chi connectivity index (χ1v) is 9.40. The van der Waals surface area contributed by atoms with Crippen LogP contribution in [0.2, 0.25) is 0 Å². The Labute approximate surface area is 159 Å². The topological polar surface area (TPSA) is 67.8 Å². The Hall–Kier alpha value is -2.28. The first kappa shape index (κ1) is 20.0. The molecule has 0 atom stereocenters. The Kier molecular flexibility index (Phi) is 6.85. The molecule has 2 N–H and O–H groups in total. The van der Waals surface area contributed by atoms with Gasteiger partial charge < -0.3 is 20.1 Å². The van der Waals surface area contributed by atoms with Gasteiger partial charge in [0.1, 0.15) is 0 Å². The number of nitrogens with one attached hydrogen (secondary N) is 2. The molecule has 1 aromatic heterocycles. The summed E-state index contributed by atoms with van der Waals surface area (Å²) >= 11 is 1.71. The zero-order valence-corrected chi connectivity index (χ0v) is 17.2. The van der Waals surface area contributed by atoms with Gasteiger partial charge in [-0.1, -0.05) is 20.8 Å². The predicted octanol–water partition coefficient (Wildman–Crippen LogP) is 3.69. The standard InChI is InChI=1S/C19H28N4O2S/c1-19(2,3)16-12-26-17(23-16)9-10-21-18(20-4)22-13-7-8-14(24-5)15(11-13)25-6/h7-8,11-12H,9-10H2,1-6H3,(H2,20,21,22). The van der Waals surface area contributed by atoms with Crippen molar-refractivity contribution < 1.29 is 9.47 Å². The van der Waals surface area contributed by atoms with E-state index in [0.717, 1.165) is 29.4 Å². The van der Waals surface area contributed by atoms with Gasteiger partial charge in [-0.25, -0.2) is 4.98 Å². The van der Waals surface area contributed by atoms with Crippen LogP contribution in [-0.4, -0.2) is 38.8 Å². The number of benzene rings is 1. The highest BCUT2D eigenvalue weighted by molar-refractivity contribution is 7.09. The fourth-order valence-corrected chi connectivity index (χ4v) is 3.31. The van der Waals surface area contributed by atoms with Crippen molar-refractivity contribution in [3.05, 3.63) is 34.3 Å². The van der Waals surface area contributed by atoms with Crippen LogP contribution < -0.4 is 20.1 Å². The lowest BCUT2D eigenvalue weighted by atomic mass is 9.93. The van der Waals surface area contributed by atoms with Gasteiger partial charge in [-0.2, -0.15) is 0 Å². The molecule has 0 bridgehead atoms. The molecule has 0 aliphatic carbocycles. The third-order valence-corrected chi connectivity index (χ3v) is 4.73. The molecule has 0 spiro atoms. The number of anilines is 1. The first-order valence-electron chi connectivity index (χ1n) is 8.52. The van der Waals surface area contributed by atoms with E-state index in [4.69, 9.17) is 14.5 Å². The van der Waals surface area contributed by atoms with E-state index >= 15 is 0 Å². The minimum Gasteiger partial charge on any atom is -0.493 e. The molecule has 26 heavy (non-hydrogen) atoms. The summed E-state index contributed by atoms with van der Waals surface area (Å²) in [5.74, 6) is 2.06. The summed E-state index contributed by atoms with van der Waals surface area (Å²) in [6.45, 7) is 7.29. The van der Waals surface area contributed by atoms with Crippen molar-refractivity contribution in [2.24, 2.45) is 4.99 Å². The molecule has 0 aliphatic heterocycles. The van der Waals surface area contributed by atoms with Gasteiger partial charge in [0.05, 0.1) is 24.9 Å². The molecule has 6 nitrogen and oxygen atoms in total. The van der Waals surface area contributed by atoms with Gasteiger partial charge in [-0.05, 0) is 12.1 Å². The van der Waals surface area contributed by atoms with Crippen molar-refractivity contribution in [2.75, 3.05) is 33.1 Å². The molecule has 0 aliphatic rings.